The van der Waals surface area contributed by atoms with E-state index in [-0.39, 0.29) is 18.3 Å². The molecule has 1 unspecified atom stereocenters. The minimum atomic E-state index is -0.509. The van der Waals surface area contributed by atoms with Crippen molar-refractivity contribution in [3.63, 3.8) is 0 Å². The molecule has 2 N–H and O–H groups in total. The van der Waals surface area contributed by atoms with Crippen LogP contribution < -0.4 is 10.6 Å². The van der Waals surface area contributed by atoms with Crippen molar-refractivity contribution < 1.29 is 18.7 Å². The fraction of sp³-hybridized carbons (Fsp3) is 0.389. The van der Waals surface area contributed by atoms with Gasteiger partial charge in [-0.2, -0.15) is 0 Å². The third-order valence-corrected chi connectivity index (χ3v) is 4.46. The number of rotatable bonds is 8. The van der Waals surface area contributed by atoms with E-state index in [0.717, 1.165) is 0 Å². The number of carbonyl (C=O) groups is 2. The highest BCUT2D eigenvalue weighted by molar-refractivity contribution is 7.13. The first-order valence-electron chi connectivity index (χ1n) is 8.49. The van der Waals surface area contributed by atoms with E-state index in [4.69, 9.17) is 4.74 Å². The van der Waals surface area contributed by atoms with Crippen LogP contribution in [0.25, 0.3) is 0 Å². The number of likely N-dealkylation sites (N-methyl/N-ethyl adjacent to an activating group) is 1. The first-order chi connectivity index (χ1) is 12.9. The summed E-state index contributed by atoms with van der Waals surface area (Å²) in [6.07, 6.45) is -0.509. The van der Waals surface area contributed by atoms with Crippen LogP contribution >= 0.6 is 11.3 Å². The Kier molecular flexibility index (Phi) is 7.68. The molecule has 0 fully saturated rings. The van der Waals surface area contributed by atoms with E-state index in [1.807, 2.05) is 6.92 Å². The van der Waals surface area contributed by atoms with Gasteiger partial charge in [-0.15, -0.1) is 11.3 Å². The first-order valence-corrected chi connectivity index (χ1v) is 9.37. The van der Waals surface area contributed by atoms with Gasteiger partial charge in [-0.3, -0.25) is 10.1 Å². The van der Waals surface area contributed by atoms with E-state index >= 15 is 0 Å². The van der Waals surface area contributed by atoms with E-state index in [1.54, 1.807) is 31.5 Å². The molecule has 1 aromatic carbocycles. The molecule has 2 aromatic rings. The zero-order chi connectivity index (χ0) is 19.8. The third-order valence-electron chi connectivity index (χ3n) is 3.65. The Balaban J connectivity index is 1.82. The summed E-state index contributed by atoms with van der Waals surface area (Å²) >= 11 is 1.26. The fourth-order valence-electron chi connectivity index (χ4n) is 2.36. The SMILES string of the molecule is CCOC(C)C(=O)N(C)Cc1csc(NC(=O)NCc2cccc(F)c2)n1. The summed E-state index contributed by atoms with van der Waals surface area (Å²) in [6, 6.07) is 5.58. The molecule has 0 radical (unpaired) electrons. The maximum atomic E-state index is 13.1. The fourth-order valence-corrected chi connectivity index (χ4v) is 3.06. The topological polar surface area (TPSA) is 83.6 Å². The molecule has 0 spiro atoms. The summed E-state index contributed by atoms with van der Waals surface area (Å²) in [7, 11) is 1.68. The average Bonchev–Trinajstić information content (AvgIpc) is 3.06. The molecule has 0 aliphatic rings. The van der Waals surface area contributed by atoms with Gasteiger partial charge >= 0.3 is 6.03 Å². The summed E-state index contributed by atoms with van der Waals surface area (Å²) < 4.78 is 18.4. The number of urea groups is 1. The van der Waals surface area contributed by atoms with Crippen molar-refractivity contribution in [1.82, 2.24) is 15.2 Å². The number of carbonyl (C=O) groups excluding carboxylic acids is 2. The minimum Gasteiger partial charge on any atom is -0.369 e. The van der Waals surface area contributed by atoms with Gasteiger partial charge in [0.2, 0.25) is 0 Å². The molecule has 7 nitrogen and oxygen atoms in total. The van der Waals surface area contributed by atoms with E-state index in [1.165, 1.54) is 28.4 Å². The standard InChI is InChI=1S/C18H23FN4O3S/c1-4-26-12(2)16(24)23(3)10-15-11-27-18(21-15)22-17(25)20-9-13-6-5-7-14(19)8-13/h5-8,11-12H,4,9-10H2,1-3H3,(H2,20,21,22,25). The summed E-state index contributed by atoms with van der Waals surface area (Å²) in [5.41, 5.74) is 1.33. The molecule has 9 heteroatoms. The summed E-state index contributed by atoms with van der Waals surface area (Å²) in [4.78, 5) is 29.9. The second-order valence-corrected chi connectivity index (χ2v) is 6.73. The number of nitrogens with zero attached hydrogens (tertiary/aromatic N) is 2. The van der Waals surface area contributed by atoms with Crippen molar-refractivity contribution in [2.24, 2.45) is 0 Å². The zero-order valence-corrected chi connectivity index (χ0v) is 16.3. The van der Waals surface area contributed by atoms with Gasteiger partial charge in [0.25, 0.3) is 5.91 Å². The monoisotopic (exact) mass is 394 g/mol. The molecule has 0 bridgehead atoms. The van der Waals surface area contributed by atoms with Gasteiger partial charge < -0.3 is 15.0 Å². The lowest BCUT2D eigenvalue weighted by Crippen LogP contribution is -2.36. The molecule has 146 valence electrons. The quantitative estimate of drug-likeness (QED) is 0.721. The van der Waals surface area contributed by atoms with Crippen LogP contribution in [0.1, 0.15) is 25.1 Å². The Morgan fingerprint density at radius 1 is 1.41 bits per heavy atom. The predicted octanol–water partition coefficient (Wildman–Crippen LogP) is 2.99. The number of anilines is 1. The van der Waals surface area contributed by atoms with Crippen LogP contribution in [0.4, 0.5) is 14.3 Å². The van der Waals surface area contributed by atoms with E-state index < -0.39 is 12.1 Å². The molecule has 1 aromatic heterocycles. The lowest BCUT2D eigenvalue weighted by Gasteiger charge is -2.20. The largest absolute Gasteiger partial charge is 0.369 e. The molecule has 0 saturated heterocycles. The number of amides is 3. The normalized spacial score (nSPS) is 11.7. The van der Waals surface area contributed by atoms with Gasteiger partial charge in [-0.25, -0.2) is 14.2 Å². The molecule has 0 saturated carbocycles. The Hall–Kier alpha value is -2.52. The van der Waals surface area contributed by atoms with Crippen molar-refractivity contribution in [2.45, 2.75) is 33.0 Å². The highest BCUT2D eigenvalue weighted by atomic mass is 32.1. The van der Waals surface area contributed by atoms with Crippen LogP contribution in [-0.4, -0.2) is 41.6 Å². The number of nitrogens with one attached hydrogen (secondary N) is 2. The molecule has 0 aliphatic carbocycles. The van der Waals surface area contributed by atoms with Crippen LogP contribution in [-0.2, 0) is 22.6 Å². The van der Waals surface area contributed by atoms with Gasteiger partial charge in [0, 0.05) is 25.6 Å². The third kappa shape index (κ3) is 6.61. The molecule has 27 heavy (non-hydrogen) atoms. The van der Waals surface area contributed by atoms with Crippen LogP contribution in [0.3, 0.4) is 0 Å². The van der Waals surface area contributed by atoms with Crippen molar-refractivity contribution in [3.8, 4) is 0 Å². The van der Waals surface area contributed by atoms with E-state index in [0.29, 0.717) is 29.5 Å². The smallest absolute Gasteiger partial charge is 0.321 e. The van der Waals surface area contributed by atoms with Crippen molar-refractivity contribution in [2.75, 3.05) is 19.0 Å². The maximum Gasteiger partial charge on any atom is 0.321 e. The zero-order valence-electron chi connectivity index (χ0n) is 15.5. The number of ether oxygens (including phenoxy) is 1. The molecule has 3 amide bonds. The van der Waals surface area contributed by atoms with Crippen molar-refractivity contribution in [1.29, 1.82) is 0 Å². The van der Waals surface area contributed by atoms with Gasteiger partial charge in [-0.05, 0) is 31.5 Å². The lowest BCUT2D eigenvalue weighted by atomic mass is 10.2. The number of halogens is 1. The summed E-state index contributed by atoms with van der Waals surface area (Å²) in [5, 5.41) is 7.46. The molecule has 1 heterocycles. The molecule has 2 rings (SSSR count). The van der Waals surface area contributed by atoms with Gasteiger partial charge in [0.15, 0.2) is 5.13 Å². The number of hydrogen-bond donors (Lipinski definition) is 2. The van der Waals surface area contributed by atoms with Crippen LogP contribution in [0.15, 0.2) is 29.6 Å². The Morgan fingerprint density at radius 3 is 2.89 bits per heavy atom. The number of aromatic nitrogens is 1. The maximum absolute atomic E-state index is 13.1. The number of hydrogen-bond acceptors (Lipinski definition) is 5. The Bertz CT molecular complexity index is 783. The van der Waals surface area contributed by atoms with E-state index in [2.05, 4.69) is 15.6 Å². The number of benzene rings is 1. The van der Waals surface area contributed by atoms with Gasteiger partial charge in [0.1, 0.15) is 11.9 Å². The van der Waals surface area contributed by atoms with E-state index in [9.17, 15) is 14.0 Å². The Morgan fingerprint density at radius 2 is 2.19 bits per heavy atom. The second-order valence-electron chi connectivity index (χ2n) is 5.87. The van der Waals surface area contributed by atoms with Crippen molar-refractivity contribution >= 4 is 28.4 Å². The highest BCUT2D eigenvalue weighted by Crippen LogP contribution is 2.17. The molecule has 1 atom stereocenters. The molecule has 0 aliphatic heterocycles. The molecular formula is C18H23FN4O3S. The minimum absolute atomic E-state index is 0.132. The second kappa shape index (κ2) is 9.98. The predicted molar refractivity (Wildman–Crippen MR) is 102 cm³/mol. The molecular weight excluding hydrogens is 371 g/mol. The summed E-state index contributed by atoms with van der Waals surface area (Å²) in [6.45, 7) is 4.53. The van der Waals surface area contributed by atoms with Crippen LogP contribution in [0.2, 0.25) is 0 Å². The number of thiazole rings is 1. The Labute approximate surface area is 161 Å². The highest BCUT2D eigenvalue weighted by Gasteiger charge is 2.18. The summed E-state index contributed by atoms with van der Waals surface area (Å²) in [5.74, 6) is -0.483. The first kappa shape index (κ1) is 20.8. The van der Waals surface area contributed by atoms with Crippen LogP contribution in [0, 0.1) is 5.82 Å². The lowest BCUT2D eigenvalue weighted by molar-refractivity contribution is -0.141. The van der Waals surface area contributed by atoms with Crippen molar-refractivity contribution in [3.05, 3.63) is 46.7 Å². The van der Waals surface area contributed by atoms with Gasteiger partial charge in [-0.1, -0.05) is 12.1 Å². The van der Waals surface area contributed by atoms with Crippen LogP contribution in [0.5, 0.6) is 0 Å². The van der Waals surface area contributed by atoms with Gasteiger partial charge in [0.05, 0.1) is 12.2 Å². The average molecular weight is 394 g/mol.